The number of rotatable bonds is 3. The Morgan fingerprint density at radius 3 is 2.63 bits per heavy atom. The van der Waals surface area contributed by atoms with E-state index in [0.717, 1.165) is 16.7 Å². The van der Waals surface area contributed by atoms with Gasteiger partial charge in [-0.2, -0.15) is 11.8 Å². The summed E-state index contributed by atoms with van der Waals surface area (Å²) in [6, 6.07) is 8.89. The van der Waals surface area contributed by atoms with Crippen LogP contribution in [0.4, 0.5) is 5.95 Å². The monoisotopic (exact) mass is 275 g/mol. The number of imidazole rings is 1. The van der Waals surface area contributed by atoms with Crippen molar-refractivity contribution >= 4 is 28.7 Å². The maximum Gasteiger partial charge on any atom is 0.203 e. The molecule has 0 amide bonds. The van der Waals surface area contributed by atoms with Crippen molar-refractivity contribution in [1.29, 1.82) is 0 Å². The molecule has 1 aromatic carbocycles. The fourth-order valence-electron chi connectivity index (χ4n) is 2.90. The van der Waals surface area contributed by atoms with E-state index in [-0.39, 0.29) is 0 Å². The van der Waals surface area contributed by atoms with Gasteiger partial charge in [0.2, 0.25) is 5.95 Å². The van der Waals surface area contributed by atoms with E-state index < -0.39 is 0 Å². The molecule has 1 saturated carbocycles. The first-order valence-electron chi connectivity index (χ1n) is 6.98. The molecule has 2 aromatic rings. The summed E-state index contributed by atoms with van der Waals surface area (Å²) >= 11 is 2.01. The van der Waals surface area contributed by atoms with Crippen molar-refractivity contribution in [2.24, 2.45) is 7.05 Å². The second-order valence-electron chi connectivity index (χ2n) is 5.34. The highest BCUT2D eigenvalue weighted by atomic mass is 32.2. The van der Waals surface area contributed by atoms with Crippen LogP contribution in [0.15, 0.2) is 24.3 Å². The number of fused-ring (bicyclic) bond motifs is 1. The largest absolute Gasteiger partial charge is 0.353 e. The summed E-state index contributed by atoms with van der Waals surface area (Å²) < 4.78 is 2.16. The lowest BCUT2D eigenvalue weighted by Crippen LogP contribution is -2.28. The van der Waals surface area contributed by atoms with E-state index in [9.17, 15) is 0 Å². The lowest BCUT2D eigenvalue weighted by Gasteiger charge is -2.28. The first kappa shape index (κ1) is 12.9. The van der Waals surface area contributed by atoms with Gasteiger partial charge < -0.3 is 9.88 Å². The molecule has 1 aromatic heterocycles. The van der Waals surface area contributed by atoms with Gasteiger partial charge in [0.15, 0.2) is 0 Å². The molecule has 1 N–H and O–H groups in total. The van der Waals surface area contributed by atoms with E-state index in [4.69, 9.17) is 4.98 Å². The molecule has 0 aliphatic heterocycles. The van der Waals surface area contributed by atoms with Gasteiger partial charge in [-0.05, 0) is 44.1 Å². The van der Waals surface area contributed by atoms with Crippen LogP contribution in [0.25, 0.3) is 11.0 Å². The Morgan fingerprint density at radius 1 is 1.21 bits per heavy atom. The minimum absolute atomic E-state index is 0.582. The zero-order valence-electron chi connectivity index (χ0n) is 11.6. The van der Waals surface area contributed by atoms with Crippen molar-refractivity contribution < 1.29 is 0 Å². The van der Waals surface area contributed by atoms with Gasteiger partial charge >= 0.3 is 0 Å². The van der Waals surface area contributed by atoms with E-state index in [2.05, 4.69) is 41.4 Å². The van der Waals surface area contributed by atoms with E-state index >= 15 is 0 Å². The second-order valence-corrected chi connectivity index (χ2v) is 6.47. The number of anilines is 1. The first-order valence-corrected chi connectivity index (χ1v) is 8.27. The highest BCUT2D eigenvalue weighted by Gasteiger charge is 2.21. The summed E-state index contributed by atoms with van der Waals surface area (Å²) in [5.74, 6) is 1.01. The normalized spacial score (nSPS) is 23.7. The lowest BCUT2D eigenvalue weighted by atomic mass is 9.95. The minimum atomic E-state index is 0.582. The molecule has 1 aliphatic carbocycles. The van der Waals surface area contributed by atoms with Crippen LogP contribution >= 0.6 is 11.8 Å². The number of hydrogen-bond acceptors (Lipinski definition) is 3. The Hall–Kier alpha value is -1.16. The molecule has 0 saturated heterocycles. The third-order valence-electron chi connectivity index (χ3n) is 4.13. The van der Waals surface area contributed by atoms with Crippen molar-refractivity contribution in [2.45, 2.75) is 37.0 Å². The lowest BCUT2D eigenvalue weighted by molar-refractivity contribution is 0.470. The van der Waals surface area contributed by atoms with Crippen molar-refractivity contribution in [3.8, 4) is 0 Å². The van der Waals surface area contributed by atoms with Gasteiger partial charge in [0.05, 0.1) is 11.0 Å². The summed E-state index contributed by atoms with van der Waals surface area (Å²) in [6.45, 7) is 0. The van der Waals surface area contributed by atoms with Crippen molar-refractivity contribution in [3.63, 3.8) is 0 Å². The molecule has 3 rings (SSSR count). The van der Waals surface area contributed by atoms with Gasteiger partial charge in [0, 0.05) is 18.3 Å². The smallest absolute Gasteiger partial charge is 0.203 e. The quantitative estimate of drug-likeness (QED) is 0.927. The van der Waals surface area contributed by atoms with Gasteiger partial charge in [0.25, 0.3) is 0 Å². The Kier molecular flexibility index (Phi) is 3.69. The Morgan fingerprint density at radius 2 is 1.95 bits per heavy atom. The molecular weight excluding hydrogens is 254 g/mol. The summed E-state index contributed by atoms with van der Waals surface area (Å²) in [7, 11) is 2.09. The number of aromatic nitrogens is 2. The molecular formula is C15H21N3S. The molecule has 0 unspecified atom stereocenters. The molecule has 0 spiro atoms. The van der Waals surface area contributed by atoms with E-state index in [0.29, 0.717) is 6.04 Å². The fourth-order valence-corrected chi connectivity index (χ4v) is 3.64. The second kappa shape index (κ2) is 5.45. The molecule has 19 heavy (non-hydrogen) atoms. The van der Waals surface area contributed by atoms with Crippen LogP contribution in [-0.2, 0) is 7.05 Å². The van der Waals surface area contributed by atoms with Gasteiger partial charge in [-0.3, -0.25) is 0 Å². The number of benzene rings is 1. The fraction of sp³-hybridized carbons (Fsp3) is 0.533. The van der Waals surface area contributed by atoms with Gasteiger partial charge in [-0.25, -0.2) is 4.98 Å². The average molecular weight is 275 g/mol. The van der Waals surface area contributed by atoms with E-state index in [1.54, 1.807) is 0 Å². The van der Waals surface area contributed by atoms with Crippen molar-refractivity contribution in [3.05, 3.63) is 24.3 Å². The van der Waals surface area contributed by atoms with Crippen molar-refractivity contribution in [1.82, 2.24) is 9.55 Å². The summed E-state index contributed by atoms with van der Waals surface area (Å²) in [4.78, 5) is 4.69. The average Bonchev–Trinajstić information content (AvgIpc) is 2.77. The molecule has 4 heteroatoms. The van der Waals surface area contributed by atoms with E-state index in [1.165, 1.54) is 31.2 Å². The molecule has 3 nitrogen and oxygen atoms in total. The summed E-state index contributed by atoms with van der Waals surface area (Å²) in [5, 5.41) is 4.49. The van der Waals surface area contributed by atoms with Crippen LogP contribution in [0.1, 0.15) is 25.7 Å². The SMILES string of the molecule is CSC1CCC(Nc2nc3ccccc3n2C)CC1. The number of thioether (sulfide) groups is 1. The zero-order chi connectivity index (χ0) is 13.2. The zero-order valence-corrected chi connectivity index (χ0v) is 12.4. The number of nitrogens with one attached hydrogen (secondary N) is 1. The third-order valence-corrected chi connectivity index (χ3v) is 5.27. The van der Waals surface area contributed by atoms with Gasteiger partial charge in [-0.15, -0.1) is 0 Å². The van der Waals surface area contributed by atoms with E-state index in [1.807, 2.05) is 17.8 Å². The maximum atomic E-state index is 4.69. The highest BCUT2D eigenvalue weighted by molar-refractivity contribution is 7.99. The van der Waals surface area contributed by atoms with Crippen molar-refractivity contribution in [2.75, 3.05) is 11.6 Å². The Balaban J connectivity index is 1.73. The number of hydrogen-bond donors (Lipinski definition) is 1. The topological polar surface area (TPSA) is 29.9 Å². The molecule has 0 radical (unpaired) electrons. The minimum Gasteiger partial charge on any atom is -0.353 e. The number of nitrogens with zero attached hydrogens (tertiary/aromatic N) is 2. The molecule has 0 bridgehead atoms. The number of aryl methyl sites for hydroxylation is 1. The van der Waals surface area contributed by atoms with Crippen LogP contribution in [0, 0.1) is 0 Å². The Bertz CT molecular complexity index is 556. The highest BCUT2D eigenvalue weighted by Crippen LogP contribution is 2.29. The molecule has 1 aliphatic rings. The summed E-state index contributed by atoms with van der Waals surface area (Å²) in [5.41, 5.74) is 2.27. The first-order chi connectivity index (χ1) is 9.28. The summed E-state index contributed by atoms with van der Waals surface area (Å²) in [6.07, 6.45) is 7.39. The van der Waals surface area contributed by atoms with Crippen LogP contribution in [0.5, 0.6) is 0 Å². The van der Waals surface area contributed by atoms with Crippen LogP contribution in [0.2, 0.25) is 0 Å². The van der Waals surface area contributed by atoms with Gasteiger partial charge in [-0.1, -0.05) is 12.1 Å². The predicted molar refractivity (Wildman–Crippen MR) is 83.9 cm³/mol. The molecule has 0 atom stereocenters. The van der Waals surface area contributed by atoms with Gasteiger partial charge in [0.1, 0.15) is 0 Å². The molecule has 102 valence electrons. The standard InChI is InChI=1S/C15H21N3S/c1-18-14-6-4-3-5-13(14)17-15(18)16-11-7-9-12(19-2)10-8-11/h3-6,11-12H,7-10H2,1-2H3,(H,16,17). The number of para-hydroxylation sites is 2. The molecule has 1 heterocycles. The Labute approximate surface area is 118 Å². The maximum absolute atomic E-state index is 4.69. The van der Waals surface area contributed by atoms with Crippen LogP contribution < -0.4 is 5.32 Å². The molecule has 1 fully saturated rings. The van der Waals surface area contributed by atoms with Crippen LogP contribution in [0.3, 0.4) is 0 Å². The predicted octanol–water partition coefficient (Wildman–Crippen LogP) is 3.66. The van der Waals surface area contributed by atoms with Crippen LogP contribution in [-0.4, -0.2) is 27.1 Å². The third kappa shape index (κ3) is 2.59.